The molecule has 1 aromatic carbocycles. The zero-order valence-corrected chi connectivity index (χ0v) is 11.7. The number of rotatable bonds is 6. The topological polar surface area (TPSA) is 49.8 Å². The van der Waals surface area contributed by atoms with Crippen LogP contribution in [0.5, 0.6) is 5.75 Å². The largest absolute Gasteiger partial charge is 0.496 e. The number of aryl methyl sites for hydroxylation is 1. The maximum Gasteiger partial charge on any atom is 0.325 e. The van der Waals surface area contributed by atoms with Gasteiger partial charge in [0.2, 0.25) is 0 Å². The van der Waals surface area contributed by atoms with Crippen molar-refractivity contribution in [2.75, 3.05) is 14.2 Å². The van der Waals surface area contributed by atoms with Gasteiger partial charge < -0.3 is 9.84 Å². The number of benzene rings is 1. The van der Waals surface area contributed by atoms with Gasteiger partial charge in [0.25, 0.3) is 0 Å². The molecule has 2 rings (SSSR count). The van der Waals surface area contributed by atoms with Crippen molar-refractivity contribution in [3.05, 3.63) is 29.3 Å². The van der Waals surface area contributed by atoms with E-state index in [1.54, 1.807) is 7.11 Å². The highest BCUT2D eigenvalue weighted by atomic mass is 16.5. The van der Waals surface area contributed by atoms with Crippen LogP contribution in [-0.4, -0.2) is 36.2 Å². The van der Waals surface area contributed by atoms with Crippen molar-refractivity contribution < 1.29 is 14.6 Å². The van der Waals surface area contributed by atoms with Gasteiger partial charge in [0.1, 0.15) is 11.8 Å². The normalized spacial score (nSPS) is 16.4. The van der Waals surface area contributed by atoms with Gasteiger partial charge >= 0.3 is 5.97 Å². The molecule has 1 N–H and O–H groups in total. The summed E-state index contributed by atoms with van der Waals surface area (Å²) in [5.74, 6) is 0.0334. The summed E-state index contributed by atoms with van der Waals surface area (Å²) >= 11 is 0. The lowest BCUT2D eigenvalue weighted by Crippen LogP contribution is -2.32. The second-order valence-corrected chi connectivity index (χ2v) is 5.06. The minimum absolute atomic E-state index is 0.410. The molecule has 0 heterocycles. The van der Waals surface area contributed by atoms with E-state index < -0.39 is 12.0 Å². The van der Waals surface area contributed by atoms with E-state index in [1.807, 2.05) is 37.1 Å². The van der Waals surface area contributed by atoms with E-state index in [-0.39, 0.29) is 0 Å². The van der Waals surface area contributed by atoms with Crippen molar-refractivity contribution in [3.63, 3.8) is 0 Å². The summed E-state index contributed by atoms with van der Waals surface area (Å²) < 4.78 is 5.29. The molecule has 0 spiro atoms. The van der Waals surface area contributed by atoms with Gasteiger partial charge in [0.15, 0.2) is 0 Å². The van der Waals surface area contributed by atoms with Crippen molar-refractivity contribution in [1.29, 1.82) is 0 Å². The van der Waals surface area contributed by atoms with E-state index >= 15 is 0 Å². The zero-order valence-electron chi connectivity index (χ0n) is 11.7. The van der Waals surface area contributed by atoms with Crippen LogP contribution in [0.25, 0.3) is 0 Å². The van der Waals surface area contributed by atoms with Crippen molar-refractivity contribution in [1.82, 2.24) is 4.90 Å². The van der Waals surface area contributed by atoms with E-state index in [9.17, 15) is 9.90 Å². The van der Waals surface area contributed by atoms with Crippen molar-refractivity contribution >= 4 is 5.97 Å². The van der Waals surface area contributed by atoms with Crippen LogP contribution in [0.15, 0.2) is 18.2 Å². The van der Waals surface area contributed by atoms with E-state index in [1.165, 1.54) is 0 Å². The lowest BCUT2D eigenvalue weighted by molar-refractivity contribution is -0.143. The van der Waals surface area contributed by atoms with Gasteiger partial charge in [0, 0.05) is 6.04 Å². The fourth-order valence-electron chi connectivity index (χ4n) is 2.49. The fraction of sp³-hybridized carbons (Fsp3) is 0.533. The Kier molecular flexibility index (Phi) is 4.10. The molecular formula is C15H21NO3. The highest BCUT2D eigenvalue weighted by molar-refractivity contribution is 5.76. The quantitative estimate of drug-likeness (QED) is 0.856. The van der Waals surface area contributed by atoms with Crippen LogP contribution in [0, 0.1) is 0 Å². The number of carboxylic acid groups (broad SMARTS) is 1. The number of carbonyl (C=O) groups is 1. The number of hydrogen-bond acceptors (Lipinski definition) is 3. The standard InChI is InChI=1S/C15H21NO3/c1-4-10-9-11(5-8-13(10)19-3)14(15(17)18)16(2)12-6-7-12/h5,8-9,12,14H,4,6-7H2,1-3H3,(H,17,18). The third kappa shape index (κ3) is 2.89. The summed E-state index contributed by atoms with van der Waals surface area (Å²) in [6.07, 6.45) is 3.02. The molecule has 0 amide bonds. The molecule has 0 bridgehead atoms. The number of likely N-dealkylation sites (N-methyl/N-ethyl adjacent to an activating group) is 1. The van der Waals surface area contributed by atoms with E-state index in [0.29, 0.717) is 6.04 Å². The van der Waals surface area contributed by atoms with Gasteiger partial charge in [-0.1, -0.05) is 13.0 Å². The van der Waals surface area contributed by atoms with Crippen LogP contribution in [0.2, 0.25) is 0 Å². The average Bonchev–Trinajstić information content (AvgIpc) is 3.22. The van der Waals surface area contributed by atoms with Gasteiger partial charge in [-0.05, 0) is 49.6 Å². The minimum Gasteiger partial charge on any atom is -0.496 e. The summed E-state index contributed by atoms with van der Waals surface area (Å²) in [6, 6.07) is 5.52. The molecule has 1 atom stereocenters. The Hall–Kier alpha value is -1.55. The zero-order chi connectivity index (χ0) is 14.0. The molecule has 1 aliphatic carbocycles. The second kappa shape index (κ2) is 5.61. The van der Waals surface area contributed by atoms with Gasteiger partial charge in [-0.15, -0.1) is 0 Å². The summed E-state index contributed by atoms with van der Waals surface area (Å²) in [7, 11) is 3.53. The number of carboxylic acids is 1. The van der Waals surface area contributed by atoms with Gasteiger partial charge in [-0.3, -0.25) is 9.69 Å². The third-order valence-corrected chi connectivity index (χ3v) is 3.77. The molecule has 0 saturated heterocycles. The maximum absolute atomic E-state index is 11.6. The monoisotopic (exact) mass is 263 g/mol. The van der Waals surface area contributed by atoms with Crippen LogP contribution in [-0.2, 0) is 11.2 Å². The Labute approximate surface area is 114 Å². The molecule has 1 aliphatic rings. The maximum atomic E-state index is 11.6. The lowest BCUT2D eigenvalue weighted by atomic mass is 10.0. The summed E-state index contributed by atoms with van der Waals surface area (Å²) in [4.78, 5) is 13.5. The van der Waals surface area contributed by atoms with Crippen LogP contribution < -0.4 is 4.74 Å². The van der Waals surface area contributed by atoms with E-state index in [4.69, 9.17) is 4.74 Å². The fourth-order valence-corrected chi connectivity index (χ4v) is 2.49. The van der Waals surface area contributed by atoms with Crippen LogP contribution in [0.4, 0.5) is 0 Å². The molecule has 4 nitrogen and oxygen atoms in total. The first-order chi connectivity index (χ1) is 9.08. The predicted octanol–water partition coefficient (Wildman–Crippen LogP) is 2.48. The van der Waals surface area contributed by atoms with Crippen LogP contribution >= 0.6 is 0 Å². The summed E-state index contributed by atoms with van der Waals surface area (Å²) in [6.45, 7) is 2.04. The molecule has 1 saturated carbocycles. The van der Waals surface area contributed by atoms with Crippen LogP contribution in [0.1, 0.15) is 36.9 Å². The Balaban J connectivity index is 2.33. The number of aliphatic carboxylic acids is 1. The molecule has 19 heavy (non-hydrogen) atoms. The molecule has 1 fully saturated rings. The predicted molar refractivity (Wildman–Crippen MR) is 73.5 cm³/mol. The molecule has 1 unspecified atom stereocenters. The first kappa shape index (κ1) is 13.9. The van der Waals surface area contributed by atoms with Gasteiger partial charge in [0.05, 0.1) is 7.11 Å². The van der Waals surface area contributed by atoms with Gasteiger partial charge in [-0.25, -0.2) is 0 Å². The highest BCUT2D eigenvalue weighted by Crippen LogP contribution is 2.34. The van der Waals surface area contributed by atoms with Crippen molar-refractivity contribution in [3.8, 4) is 5.75 Å². The molecule has 0 aromatic heterocycles. The molecular weight excluding hydrogens is 242 g/mol. The average molecular weight is 263 g/mol. The Morgan fingerprint density at radius 3 is 2.68 bits per heavy atom. The molecule has 1 aromatic rings. The SMILES string of the molecule is CCc1cc(C(C(=O)O)N(C)C2CC2)ccc1OC. The number of methoxy groups -OCH3 is 1. The third-order valence-electron chi connectivity index (χ3n) is 3.77. The van der Waals surface area contributed by atoms with Gasteiger partial charge in [-0.2, -0.15) is 0 Å². The Morgan fingerprint density at radius 2 is 2.21 bits per heavy atom. The highest BCUT2D eigenvalue weighted by Gasteiger charge is 2.35. The smallest absolute Gasteiger partial charge is 0.325 e. The molecule has 104 valence electrons. The number of nitrogens with zero attached hydrogens (tertiary/aromatic N) is 1. The molecule has 0 radical (unpaired) electrons. The molecule has 0 aliphatic heterocycles. The Bertz CT molecular complexity index is 468. The minimum atomic E-state index is -0.790. The van der Waals surface area contributed by atoms with E-state index in [2.05, 4.69) is 0 Å². The number of ether oxygens (including phenoxy) is 1. The number of hydrogen-bond donors (Lipinski definition) is 1. The van der Waals surface area contributed by atoms with E-state index in [0.717, 1.165) is 36.1 Å². The first-order valence-corrected chi connectivity index (χ1v) is 6.70. The molecule has 4 heteroatoms. The summed E-state index contributed by atoms with van der Waals surface area (Å²) in [5, 5.41) is 9.49. The van der Waals surface area contributed by atoms with Crippen LogP contribution in [0.3, 0.4) is 0 Å². The van der Waals surface area contributed by atoms with Crippen molar-refractivity contribution in [2.45, 2.75) is 38.3 Å². The second-order valence-electron chi connectivity index (χ2n) is 5.06. The summed E-state index contributed by atoms with van der Waals surface area (Å²) in [5.41, 5.74) is 1.88. The lowest BCUT2D eigenvalue weighted by Gasteiger charge is -2.25. The first-order valence-electron chi connectivity index (χ1n) is 6.70. The Morgan fingerprint density at radius 1 is 1.53 bits per heavy atom. The van der Waals surface area contributed by atoms with Crippen molar-refractivity contribution in [2.24, 2.45) is 0 Å².